The van der Waals surface area contributed by atoms with Gasteiger partial charge in [0.1, 0.15) is 6.54 Å². The van der Waals surface area contributed by atoms with Crippen molar-refractivity contribution in [3.8, 4) is 0 Å². The summed E-state index contributed by atoms with van der Waals surface area (Å²) in [6.07, 6.45) is 3.43. The molecule has 1 atom stereocenters. The van der Waals surface area contributed by atoms with Crippen LogP contribution in [0.3, 0.4) is 0 Å². The summed E-state index contributed by atoms with van der Waals surface area (Å²) in [5.41, 5.74) is 3.47. The average Bonchev–Trinajstić information content (AvgIpc) is 2.70. The molecule has 1 aromatic carbocycles. The molecule has 0 spiro atoms. The maximum absolute atomic E-state index is 12.6. The third-order valence-electron chi connectivity index (χ3n) is 5.79. The van der Waals surface area contributed by atoms with Crippen molar-refractivity contribution in [3.63, 3.8) is 0 Å². The summed E-state index contributed by atoms with van der Waals surface area (Å²) in [6, 6.07) is 12.4. The minimum absolute atomic E-state index is 0.0242. The van der Waals surface area contributed by atoms with Crippen molar-refractivity contribution < 1.29 is 4.79 Å². The van der Waals surface area contributed by atoms with Crippen LogP contribution in [-0.2, 0) is 24.2 Å². The fourth-order valence-corrected chi connectivity index (χ4v) is 4.22. The van der Waals surface area contributed by atoms with Gasteiger partial charge in [-0.15, -0.1) is 0 Å². The van der Waals surface area contributed by atoms with Gasteiger partial charge in [-0.25, -0.2) is 4.68 Å². The van der Waals surface area contributed by atoms with Crippen LogP contribution in [0.2, 0.25) is 0 Å². The molecule has 0 bridgehead atoms. The SMILES string of the molecule is Cc1ccc(=O)n(CC(=O)N2CCN([C@@H]3CCc4ccccc4C3)CC2)n1. The summed E-state index contributed by atoms with van der Waals surface area (Å²) in [4.78, 5) is 28.8. The Morgan fingerprint density at radius 3 is 2.59 bits per heavy atom. The van der Waals surface area contributed by atoms with Crippen LogP contribution in [0, 0.1) is 6.92 Å². The second kappa shape index (κ2) is 7.64. The number of aryl methyl sites for hydroxylation is 2. The number of piperazine rings is 1. The largest absolute Gasteiger partial charge is 0.339 e. The van der Waals surface area contributed by atoms with Gasteiger partial charge in [-0.1, -0.05) is 24.3 Å². The molecule has 1 aromatic heterocycles. The summed E-state index contributed by atoms with van der Waals surface area (Å²) in [5.74, 6) is -0.0242. The molecule has 6 nitrogen and oxygen atoms in total. The summed E-state index contributed by atoms with van der Waals surface area (Å²) in [5, 5.41) is 4.16. The van der Waals surface area contributed by atoms with Crippen molar-refractivity contribution in [1.82, 2.24) is 19.6 Å². The number of carbonyl (C=O) groups is 1. The number of rotatable bonds is 3. The van der Waals surface area contributed by atoms with Crippen molar-refractivity contribution in [2.45, 2.75) is 38.8 Å². The molecule has 1 fully saturated rings. The van der Waals surface area contributed by atoms with E-state index in [0.29, 0.717) is 6.04 Å². The van der Waals surface area contributed by atoms with Crippen LogP contribution in [0.5, 0.6) is 0 Å². The number of nitrogens with zero attached hydrogens (tertiary/aromatic N) is 4. The number of hydrogen-bond donors (Lipinski definition) is 0. The molecule has 2 heterocycles. The van der Waals surface area contributed by atoms with E-state index in [1.807, 2.05) is 11.8 Å². The molecular formula is C21H26N4O2. The molecule has 27 heavy (non-hydrogen) atoms. The molecule has 142 valence electrons. The van der Waals surface area contributed by atoms with E-state index in [2.05, 4.69) is 34.3 Å². The van der Waals surface area contributed by atoms with Gasteiger partial charge in [-0.2, -0.15) is 5.10 Å². The van der Waals surface area contributed by atoms with Crippen molar-refractivity contribution in [1.29, 1.82) is 0 Å². The van der Waals surface area contributed by atoms with Crippen LogP contribution in [0.25, 0.3) is 0 Å². The first kappa shape index (κ1) is 17.9. The Labute approximate surface area is 159 Å². The van der Waals surface area contributed by atoms with E-state index in [1.54, 1.807) is 6.07 Å². The number of hydrogen-bond acceptors (Lipinski definition) is 4. The Morgan fingerprint density at radius 2 is 1.81 bits per heavy atom. The van der Waals surface area contributed by atoms with Crippen molar-refractivity contribution in [2.24, 2.45) is 0 Å². The first-order valence-corrected chi connectivity index (χ1v) is 9.73. The van der Waals surface area contributed by atoms with Crippen LogP contribution in [0.15, 0.2) is 41.2 Å². The molecule has 1 saturated heterocycles. The van der Waals surface area contributed by atoms with Crippen LogP contribution in [0.4, 0.5) is 0 Å². The lowest BCUT2D eigenvalue weighted by molar-refractivity contribution is -0.134. The van der Waals surface area contributed by atoms with Gasteiger partial charge >= 0.3 is 0 Å². The molecule has 2 aliphatic rings. The lowest BCUT2D eigenvalue weighted by atomic mass is 9.87. The minimum atomic E-state index is -0.228. The normalized spacial score (nSPS) is 20.3. The van der Waals surface area contributed by atoms with Gasteiger partial charge in [-0.3, -0.25) is 14.5 Å². The predicted molar refractivity (Wildman–Crippen MR) is 104 cm³/mol. The standard InChI is InChI=1S/C21H26N4O2/c1-16-6-9-20(26)25(22-16)15-21(27)24-12-10-23(11-13-24)19-8-7-17-4-2-3-5-18(17)14-19/h2-6,9,19H,7-8,10-15H2,1H3/t19-/m1/s1. The molecule has 2 aromatic rings. The topological polar surface area (TPSA) is 58.4 Å². The second-order valence-electron chi connectivity index (χ2n) is 7.55. The van der Waals surface area contributed by atoms with Gasteiger partial charge in [0.15, 0.2) is 0 Å². The quantitative estimate of drug-likeness (QED) is 0.821. The highest BCUT2D eigenvalue weighted by molar-refractivity contribution is 5.76. The maximum atomic E-state index is 12.6. The highest BCUT2D eigenvalue weighted by atomic mass is 16.2. The fourth-order valence-electron chi connectivity index (χ4n) is 4.22. The lowest BCUT2D eigenvalue weighted by Gasteiger charge is -2.41. The molecule has 0 unspecified atom stereocenters. The molecule has 0 saturated carbocycles. The van der Waals surface area contributed by atoms with E-state index >= 15 is 0 Å². The van der Waals surface area contributed by atoms with E-state index < -0.39 is 0 Å². The number of fused-ring (bicyclic) bond motifs is 1. The zero-order valence-corrected chi connectivity index (χ0v) is 15.8. The van der Waals surface area contributed by atoms with E-state index in [-0.39, 0.29) is 18.0 Å². The van der Waals surface area contributed by atoms with Crippen molar-refractivity contribution >= 4 is 5.91 Å². The summed E-state index contributed by atoms with van der Waals surface area (Å²) in [7, 11) is 0. The van der Waals surface area contributed by atoms with E-state index in [0.717, 1.165) is 44.7 Å². The molecule has 0 N–H and O–H groups in total. The van der Waals surface area contributed by atoms with Gasteiger partial charge in [0.05, 0.1) is 5.69 Å². The Bertz CT molecular complexity index is 884. The molecule has 6 heteroatoms. The van der Waals surface area contributed by atoms with Crippen LogP contribution < -0.4 is 5.56 Å². The van der Waals surface area contributed by atoms with E-state index in [4.69, 9.17) is 0 Å². The first-order chi connectivity index (χ1) is 13.1. The number of aromatic nitrogens is 2. The van der Waals surface area contributed by atoms with Gasteiger partial charge in [0.25, 0.3) is 5.56 Å². The second-order valence-corrected chi connectivity index (χ2v) is 7.55. The van der Waals surface area contributed by atoms with Crippen molar-refractivity contribution in [2.75, 3.05) is 26.2 Å². The van der Waals surface area contributed by atoms with Crippen LogP contribution in [0.1, 0.15) is 23.2 Å². The number of benzene rings is 1. The van der Waals surface area contributed by atoms with Crippen LogP contribution >= 0.6 is 0 Å². The Morgan fingerprint density at radius 1 is 1.07 bits per heavy atom. The molecular weight excluding hydrogens is 340 g/mol. The summed E-state index contributed by atoms with van der Waals surface area (Å²) < 4.78 is 1.27. The monoisotopic (exact) mass is 366 g/mol. The molecule has 1 aliphatic heterocycles. The molecule has 1 amide bonds. The Balaban J connectivity index is 1.33. The fraction of sp³-hybridized carbons (Fsp3) is 0.476. The maximum Gasteiger partial charge on any atom is 0.267 e. The minimum Gasteiger partial charge on any atom is -0.339 e. The average molecular weight is 366 g/mol. The van der Waals surface area contributed by atoms with Crippen LogP contribution in [-0.4, -0.2) is 57.7 Å². The highest BCUT2D eigenvalue weighted by Crippen LogP contribution is 2.25. The third-order valence-corrected chi connectivity index (χ3v) is 5.79. The van der Waals surface area contributed by atoms with Gasteiger partial charge in [0, 0.05) is 38.3 Å². The van der Waals surface area contributed by atoms with Gasteiger partial charge in [-0.05, 0) is 43.4 Å². The first-order valence-electron chi connectivity index (χ1n) is 9.73. The smallest absolute Gasteiger partial charge is 0.267 e. The zero-order chi connectivity index (χ0) is 18.8. The number of amides is 1. The predicted octanol–water partition coefficient (Wildman–Crippen LogP) is 1.25. The van der Waals surface area contributed by atoms with E-state index in [1.165, 1.54) is 28.3 Å². The van der Waals surface area contributed by atoms with Gasteiger partial charge < -0.3 is 4.90 Å². The Hall–Kier alpha value is -2.47. The van der Waals surface area contributed by atoms with Gasteiger partial charge in [0.2, 0.25) is 5.91 Å². The summed E-state index contributed by atoms with van der Waals surface area (Å²) in [6.45, 7) is 5.08. The number of carbonyl (C=O) groups excluding carboxylic acids is 1. The third kappa shape index (κ3) is 3.95. The molecule has 1 aliphatic carbocycles. The lowest BCUT2D eigenvalue weighted by Crippen LogP contribution is -2.53. The zero-order valence-electron chi connectivity index (χ0n) is 15.8. The Kier molecular flexibility index (Phi) is 5.07. The molecule has 4 rings (SSSR count). The van der Waals surface area contributed by atoms with E-state index in [9.17, 15) is 9.59 Å². The highest BCUT2D eigenvalue weighted by Gasteiger charge is 2.28. The summed E-state index contributed by atoms with van der Waals surface area (Å²) >= 11 is 0. The molecule has 0 radical (unpaired) electrons. The van der Waals surface area contributed by atoms with Crippen molar-refractivity contribution in [3.05, 3.63) is 63.6 Å².